The quantitative estimate of drug-likeness (QED) is 0.755. The van der Waals surface area contributed by atoms with Crippen molar-refractivity contribution in [3.8, 4) is 0 Å². The van der Waals surface area contributed by atoms with E-state index in [0.29, 0.717) is 25.0 Å². The lowest BCUT2D eigenvalue weighted by Crippen LogP contribution is -2.59. The highest BCUT2D eigenvalue weighted by atomic mass is 16.2. The van der Waals surface area contributed by atoms with Gasteiger partial charge in [0.15, 0.2) is 0 Å². The van der Waals surface area contributed by atoms with Gasteiger partial charge in [-0.25, -0.2) is 0 Å². The van der Waals surface area contributed by atoms with Crippen molar-refractivity contribution in [1.29, 1.82) is 0 Å². The van der Waals surface area contributed by atoms with Gasteiger partial charge < -0.3 is 10.2 Å². The van der Waals surface area contributed by atoms with E-state index >= 15 is 0 Å². The van der Waals surface area contributed by atoms with Crippen molar-refractivity contribution in [1.82, 2.24) is 20.4 Å². The normalized spacial score (nSPS) is 30.4. The summed E-state index contributed by atoms with van der Waals surface area (Å²) in [4.78, 5) is 41.2. The van der Waals surface area contributed by atoms with Crippen LogP contribution < -0.4 is 10.6 Å². The third-order valence-corrected chi connectivity index (χ3v) is 6.76. The van der Waals surface area contributed by atoms with Gasteiger partial charge in [-0.2, -0.15) is 0 Å². The molecule has 1 aromatic carbocycles. The second-order valence-corrected chi connectivity index (χ2v) is 8.42. The Labute approximate surface area is 164 Å². The molecule has 4 aliphatic rings. The van der Waals surface area contributed by atoms with E-state index in [9.17, 15) is 14.4 Å². The maximum absolute atomic E-state index is 13.3. The van der Waals surface area contributed by atoms with Crippen LogP contribution in [-0.2, 0) is 22.7 Å². The minimum absolute atomic E-state index is 0.0691. The Morgan fingerprint density at radius 3 is 2.57 bits per heavy atom. The van der Waals surface area contributed by atoms with Gasteiger partial charge in [-0.3, -0.25) is 24.6 Å². The van der Waals surface area contributed by atoms with E-state index in [2.05, 4.69) is 21.6 Å². The number of fused-ring (bicyclic) bond motifs is 3. The molecule has 4 heterocycles. The van der Waals surface area contributed by atoms with Crippen LogP contribution >= 0.6 is 0 Å². The zero-order valence-electron chi connectivity index (χ0n) is 15.9. The highest BCUT2D eigenvalue weighted by molar-refractivity contribution is 6.05. The van der Waals surface area contributed by atoms with E-state index in [-0.39, 0.29) is 24.1 Å². The summed E-state index contributed by atoms with van der Waals surface area (Å²) in [6, 6.07) is 6.58. The maximum atomic E-state index is 13.3. The molecule has 0 radical (unpaired) electrons. The Bertz CT molecular complexity index is 817. The van der Waals surface area contributed by atoms with Crippen molar-refractivity contribution in [3.63, 3.8) is 0 Å². The van der Waals surface area contributed by atoms with Crippen molar-refractivity contribution in [2.45, 2.75) is 63.3 Å². The number of imide groups is 1. The number of carbonyl (C=O) groups excluding carboxylic acids is 3. The maximum Gasteiger partial charge on any atom is 0.255 e. The number of hydrogen-bond acceptors (Lipinski definition) is 5. The molecule has 0 spiro atoms. The smallest absolute Gasteiger partial charge is 0.255 e. The minimum Gasteiger partial charge on any atom is -0.322 e. The first-order chi connectivity index (χ1) is 13.6. The molecule has 4 aliphatic heterocycles. The van der Waals surface area contributed by atoms with E-state index in [1.165, 1.54) is 19.3 Å². The standard InChI is InChI=1S/C21H26N4O3/c26-18-8-7-17(20(27)23-18)25-12-14-4-1-3-13(19(14)21(25)28)11-24-15-5-2-6-16(24)10-22-9-15/h1,3-4,15-17,22H,2,5-12H2,(H,23,26,27). The molecule has 0 aliphatic carbocycles. The van der Waals surface area contributed by atoms with Crippen LogP contribution in [0.25, 0.3) is 0 Å². The van der Waals surface area contributed by atoms with Crippen LogP contribution in [-0.4, -0.2) is 58.7 Å². The Morgan fingerprint density at radius 2 is 1.82 bits per heavy atom. The summed E-state index contributed by atoms with van der Waals surface area (Å²) in [6.45, 7) is 3.27. The SMILES string of the molecule is O=C1CCC(N2Cc3cccc(CN4C5CCCC4CNC5)c3C2=O)C(=O)N1. The van der Waals surface area contributed by atoms with Crippen LogP contribution in [0.4, 0.5) is 0 Å². The number of nitrogens with one attached hydrogen (secondary N) is 2. The zero-order chi connectivity index (χ0) is 19.3. The van der Waals surface area contributed by atoms with Crippen molar-refractivity contribution in [2.24, 2.45) is 0 Å². The van der Waals surface area contributed by atoms with Crippen LogP contribution in [0.15, 0.2) is 18.2 Å². The second kappa shape index (κ2) is 6.97. The van der Waals surface area contributed by atoms with Crippen LogP contribution in [0.2, 0.25) is 0 Å². The van der Waals surface area contributed by atoms with E-state index in [1.807, 2.05) is 12.1 Å². The van der Waals surface area contributed by atoms with E-state index in [0.717, 1.165) is 36.3 Å². The first-order valence-corrected chi connectivity index (χ1v) is 10.3. The predicted octanol–water partition coefficient (Wildman–Crippen LogP) is 0.774. The van der Waals surface area contributed by atoms with Gasteiger partial charge in [0.05, 0.1) is 0 Å². The number of piperidine rings is 2. The Morgan fingerprint density at radius 1 is 1.04 bits per heavy atom. The Balaban J connectivity index is 1.40. The fourth-order valence-electron chi connectivity index (χ4n) is 5.35. The summed E-state index contributed by atoms with van der Waals surface area (Å²) < 4.78 is 0. The summed E-state index contributed by atoms with van der Waals surface area (Å²) in [7, 11) is 0. The Hall–Kier alpha value is -2.25. The van der Waals surface area contributed by atoms with Crippen LogP contribution in [0.5, 0.6) is 0 Å². The molecule has 28 heavy (non-hydrogen) atoms. The van der Waals surface area contributed by atoms with E-state index in [4.69, 9.17) is 0 Å². The molecular formula is C21H26N4O3. The molecule has 0 saturated carbocycles. The van der Waals surface area contributed by atoms with Crippen molar-refractivity contribution < 1.29 is 14.4 Å². The summed E-state index contributed by atoms with van der Waals surface area (Å²) in [5, 5.41) is 5.91. The molecule has 3 fully saturated rings. The molecule has 0 aromatic heterocycles. The average Bonchev–Trinajstić information content (AvgIpc) is 2.99. The fraction of sp³-hybridized carbons (Fsp3) is 0.571. The lowest BCUT2D eigenvalue weighted by Gasteiger charge is -2.46. The predicted molar refractivity (Wildman–Crippen MR) is 102 cm³/mol. The first-order valence-electron chi connectivity index (χ1n) is 10.3. The van der Waals surface area contributed by atoms with E-state index < -0.39 is 6.04 Å². The number of benzene rings is 1. The van der Waals surface area contributed by atoms with Crippen molar-refractivity contribution in [3.05, 3.63) is 34.9 Å². The van der Waals surface area contributed by atoms with Gasteiger partial charge >= 0.3 is 0 Å². The third kappa shape index (κ3) is 2.93. The third-order valence-electron chi connectivity index (χ3n) is 6.76. The van der Waals surface area contributed by atoms with Gasteiger partial charge in [0.25, 0.3) is 5.91 Å². The minimum atomic E-state index is -0.552. The van der Waals surface area contributed by atoms with Gasteiger partial charge in [0.2, 0.25) is 11.8 Å². The molecule has 7 heteroatoms. The summed E-state index contributed by atoms with van der Waals surface area (Å²) in [5.74, 6) is -0.674. The molecule has 2 N–H and O–H groups in total. The molecule has 3 saturated heterocycles. The topological polar surface area (TPSA) is 81.8 Å². The van der Waals surface area contributed by atoms with Gasteiger partial charge in [0.1, 0.15) is 6.04 Å². The molecule has 5 rings (SSSR count). The molecule has 3 unspecified atom stereocenters. The van der Waals surface area contributed by atoms with Crippen LogP contribution in [0.3, 0.4) is 0 Å². The van der Waals surface area contributed by atoms with Gasteiger partial charge in [-0.15, -0.1) is 0 Å². The second-order valence-electron chi connectivity index (χ2n) is 8.42. The number of carbonyl (C=O) groups is 3. The molecule has 3 amide bonds. The summed E-state index contributed by atoms with van der Waals surface area (Å²) >= 11 is 0. The molecule has 148 valence electrons. The first kappa shape index (κ1) is 17.8. The number of rotatable bonds is 3. The molecule has 2 bridgehead atoms. The summed E-state index contributed by atoms with van der Waals surface area (Å²) in [6.07, 6.45) is 4.38. The zero-order valence-corrected chi connectivity index (χ0v) is 15.9. The van der Waals surface area contributed by atoms with E-state index in [1.54, 1.807) is 4.90 Å². The van der Waals surface area contributed by atoms with Crippen molar-refractivity contribution in [2.75, 3.05) is 13.1 Å². The molecular weight excluding hydrogens is 356 g/mol. The van der Waals surface area contributed by atoms with Crippen LogP contribution in [0, 0.1) is 0 Å². The van der Waals surface area contributed by atoms with Gasteiger partial charge in [0, 0.05) is 50.2 Å². The Kier molecular flexibility index (Phi) is 4.44. The molecule has 7 nitrogen and oxygen atoms in total. The lowest BCUT2D eigenvalue weighted by atomic mass is 9.91. The summed E-state index contributed by atoms with van der Waals surface area (Å²) in [5.41, 5.74) is 2.83. The largest absolute Gasteiger partial charge is 0.322 e. The van der Waals surface area contributed by atoms with Crippen LogP contribution in [0.1, 0.15) is 53.6 Å². The molecule has 3 atom stereocenters. The van der Waals surface area contributed by atoms with Gasteiger partial charge in [-0.05, 0) is 30.4 Å². The highest BCUT2D eigenvalue weighted by Gasteiger charge is 2.41. The van der Waals surface area contributed by atoms with Gasteiger partial charge in [-0.1, -0.05) is 24.6 Å². The average molecular weight is 382 g/mol. The number of amides is 3. The lowest BCUT2D eigenvalue weighted by molar-refractivity contribution is -0.136. The number of hydrogen-bond donors (Lipinski definition) is 2. The molecule has 1 aromatic rings. The number of nitrogens with zero attached hydrogens (tertiary/aromatic N) is 2. The highest BCUT2D eigenvalue weighted by Crippen LogP contribution is 2.33. The number of piperazine rings is 1. The van der Waals surface area contributed by atoms with Crippen molar-refractivity contribution >= 4 is 17.7 Å². The monoisotopic (exact) mass is 382 g/mol. The fourth-order valence-corrected chi connectivity index (χ4v) is 5.35.